The largest absolute Gasteiger partial charge is 0.339 e. The van der Waals surface area contributed by atoms with Crippen LogP contribution in [0.1, 0.15) is 35.4 Å². The van der Waals surface area contributed by atoms with Gasteiger partial charge in [-0.25, -0.2) is 4.98 Å². The van der Waals surface area contributed by atoms with Crippen LogP contribution in [0.4, 0.5) is 0 Å². The molecule has 0 unspecified atom stereocenters. The van der Waals surface area contributed by atoms with E-state index in [0.29, 0.717) is 11.0 Å². The Kier molecular flexibility index (Phi) is 4.29. The molecular formula is C19H25N5O. The molecule has 1 amide bonds. The van der Waals surface area contributed by atoms with Crippen LogP contribution in [0.25, 0.3) is 0 Å². The zero-order chi connectivity index (χ0) is 17.3. The van der Waals surface area contributed by atoms with E-state index in [4.69, 9.17) is 0 Å². The number of pyridine rings is 1. The van der Waals surface area contributed by atoms with Crippen LogP contribution in [0, 0.1) is 5.41 Å². The Balaban J connectivity index is 1.34. The molecule has 0 saturated carbocycles. The fourth-order valence-electron chi connectivity index (χ4n) is 4.18. The maximum atomic E-state index is 12.6. The Bertz CT molecular complexity index is 733. The van der Waals surface area contributed by atoms with Crippen molar-refractivity contribution < 1.29 is 4.79 Å². The number of piperidine rings is 1. The zero-order valence-corrected chi connectivity index (χ0v) is 14.8. The number of rotatable bonds is 3. The molecule has 0 aromatic carbocycles. The van der Waals surface area contributed by atoms with Gasteiger partial charge in [0, 0.05) is 51.5 Å². The minimum Gasteiger partial charge on any atom is -0.339 e. The van der Waals surface area contributed by atoms with Gasteiger partial charge < -0.3 is 9.47 Å². The smallest absolute Gasteiger partial charge is 0.255 e. The van der Waals surface area contributed by atoms with Gasteiger partial charge in [0.25, 0.3) is 5.91 Å². The molecular weight excluding hydrogens is 314 g/mol. The van der Waals surface area contributed by atoms with Gasteiger partial charge in [-0.15, -0.1) is 0 Å². The van der Waals surface area contributed by atoms with Gasteiger partial charge >= 0.3 is 0 Å². The summed E-state index contributed by atoms with van der Waals surface area (Å²) in [5.74, 6) is 1.24. The molecule has 2 aliphatic heterocycles. The lowest BCUT2D eigenvalue weighted by molar-refractivity contribution is 0.0587. The minimum atomic E-state index is 0.116. The summed E-state index contributed by atoms with van der Waals surface area (Å²) in [5.41, 5.74) is 1.07. The third kappa shape index (κ3) is 3.31. The molecule has 2 fully saturated rings. The second kappa shape index (κ2) is 6.59. The number of nitrogens with zero attached hydrogens (tertiary/aromatic N) is 5. The van der Waals surface area contributed by atoms with Crippen LogP contribution in [-0.4, -0.2) is 56.4 Å². The van der Waals surface area contributed by atoms with Crippen molar-refractivity contribution in [3.05, 3.63) is 48.3 Å². The molecule has 25 heavy (non-hydrogen) atoms. The van der Waals surface area contributed by atoms with Crippen molar-refractivity contribution in [2.24, 2.45) is 12.5 Å². The molecule has 1 spiro atoms. The number of carbonyl (C=O) groups excluding carboxylic acids is 1. The molecule has 2 saturated heterocycles. The molecule has 132 valence electrons. The number of carbonyl (C=O) groups is 1. The Morgan fingerprint density at radius 2 is 2.00 bits per heavy atom. The first kappa shape index (κ1) is 16.3. The molecule has 4 rings (SSSR count). The van der Waals surface area contributed by atoms with Crippen LogP contribution in [0.3, 0.4) is 0 Å². The van der Waals surface area contributed by atoms with E-state index in [9.17, 15) is 4.79 Å². The molecule has 6 nitrogen and oxygen atoms in total. The van der Waals surface area contributed by atoms with Gasteiger partial charge in [0.05, 0.1) is 12.1 Å². The third-order valence-electron chi connectivity index (χ3n) is 5.82. The summed E-state index contributed by atoms with van der Waals surface area (Å²) in [4.78, 5) is 25.6. The van der Waals surface area contributed by atoms with Crippen molar-refractivity contribution in [2.75, 3.05) is 26.2 Å². The van der Waals surface area contributed by atoms with Gasteiger partial charge in [0.15, 0.2) is 0 Å². The molecule has 2 aromatic rings. The molecule has 0 atom stereocenters. The first-order valence-corrected chi connectivity index (χ1v) is 9.03. The maximum absolute atomic E-state index is 12.6. The van der Waals surface area contributed by atoms with Crippen LogP contribution in [-0.2, 0) is 13.6 Å². The lowest BCUT2D eigenvalue weighted by atomic mass is 9.77. The monoisotopic (exact) mass is 339 g/mol. The maximum Gasteiger partial charge on any atom is 0.255 e. The Morgan fingerprint density at radius 3 is 2.68 bits per heavy atom. The van der Waals surface area contributed by atoms with E-state index in [2.05, 4.69) is 26.5 Å². The highest BCUT2D eigenvalue weighted by Gasteiger charge is 2.41. The third-order valence-corrected chi connectivity index (χ3v) is 5.82. The fraction of sp³-hybridized carbons (Fsp3) is 0.526. The highest BCUT2D eigenvalue weighted by molar-refractivity contribution is 5.93. The number of imidazole rings is 1. The number of aryl methyl sites for hydroxylation is 1. The molecule has 0 bridgehead atoms. The van der Waals surface area contributed by atoms with Gasteiger partial charge in [-0.05, 0) is 43.4 Å². The second-order valence-electron chi connectivity index (χ2n) is 7.45. The van der Waals surface area contributed by atoms with Crippen molar-refractivity contribution in [1.82, 2.24) is 24.3 Å². The number of likely N-dealkylation sites (tertiary alicyclic amines) is 2. The van der Waals surface area contributed by atoms with E-state index in [1.807, 2.05) is 29.4 Å². The highest BCUT2D eigenvalue weighted by Crippen LogP contribution is 2.40. The molecule has 6 heteroatoms. The van der Waals surface area contributed by atoms with Crippen molar-refractivity contribution in [2.45, 2.75) is 25.8 Å². The van der Waals surface area contributed by atoms with Crippen molar-refractivity contribution >= 4 is 5.91 Å². The van der Waals surface area contributed by atoms with E-state index >= 15 is 0 Å². The number of hydrogen-bond acceptors (Lipinski definition) is 4. The second-order valence-corrected chi connectivity index (χ2v) is 7.45. The lowest BCUT2D eigenvalue weighted by Gasteiger charge is -2.39. The number of amides is 1. The first-order valence-electron chi connectivity index (χ1n) is 9.03. The minimum absolute atomic E-state index is 0.116. The predicted octanol–water partition coefficient (Wildman–Crippen LogP) is 1.94. The molecule has 0 N–H and O–H groups in total. The quantitative estimate of drug-likeness (QED) is 0.858. The highest BCUT2D eigenvalue weighted by atomic mass is 16.2. The van der Waals surface area contributed by atoms with Crippen LogP contribution in [0.5, 0.6) is 0 Å². The van der Waals surface area contributed by atoms with Crippen molar-refractivity contribution in [1.29, 1.82) is 0 Å². The zero-order valence-electron chi connectivity index (χ0n) is 14.8. The summed E-state index contributed by atoms with van der Waals surface area (Å²) in [6, 6.07) is 3.68. The molecule has 2 aliphatic rings. The van der Waals surface area contributed by atoms with Gasteiger partial charge in [-0.2, -0.15) is 0 Å². The normalized spacial score (nSPS) is 20.3. The average molecular weight is 339 g/mol. The van der Waals surface area contributed by atoms with Gasteiger partial charge in [-0.3, -0.25) is 14.7 Å². The summed E-state index contributed by atoms with van der Waals surface area (Å²) in [5, 5.41) is 0. The van der Waals surface area contributed by atoms with E-state index in [1.54, 1.807) is 12.4 Å². The van der Waals surface area contributed by atoms with Crippen LogP contribution in [0.15, 0.2) is 36.9 Å². The first-order chi connectivity index (χ1) is 12.2. The fourth-order valence-corrected chi connectivity index (χ4v) is 4.18. The Hall–Kier alpha value is -2.21. The van der Waals surface area contributed by atoms with E-state index < -0.39 is 0 Å². The van der Waals surface area contributed by atoms with Gasteiger partial charge in [0.2, 0.25) is 0 Å². The van der Waals surface area contributed by atoms with E-state index in [0.717, 1.165) is 51.4 Å². The SMILES string of the molecule is Cn1ccnc1CN1CCC2(CCN(C(=O)c3cccnc3)CC2)C1. The number of aromatic nitrogens is 3. The van der Waals surface area contributed by atoms with Crippen LogP contribution < -0.4 is 0 Å². The van der Waals surface area contributed by atoms with Crippen molar-refractivity contribution in [3.63, 3.8) is 0 Å². The average Bonchev–Trinajstić information content (AvgIpc) is 3.23. The predicted molar refractivity (Wildman–Crippen MR) is 94.9 cm³/mol. The topological polar surface area (TPSA) is 54.3 Å². The van der Waals surface area contributed by atoms with Crippen molar-refractivity contribution in [3.8, 4) is 0 Å². The summed E-state index contributed by atoms with van der Waals surface area (Å²) in [7, 11) is 2.05. The molecule has 2 aromatic heterocycles. The molecule has 4 heterocycles. The summed E-state index contributed by atoms with van der Waals surface area (Å²) < 4.78 is 2.10. The van der Waals surface area contributed by atoms with E-state index in [-0.39, 0.29) is 5.91 Å². The Labute approximate surface area is 148 Å². The summed E-state index contributed by atoms with van der Waals surface area (Å²) >= 11 is 0. The van der Waals surface area contributed by atoms with Gasteiger partial charge in [-0.1, -0.05) is 0 Å². The van der Waals surface area contributed by atoms with E-state index in [1.165, 1.54) is 6.42 Å². The Morgan fingerprint density at radius 1 is 1.20 bits per heavy atom. The molecule has 0 aliphatic carbocycles. The summed E-state index contributed by atoms with van der Waals surface area (Å²) in [6.45, 7) is 4.87. The van der Waals surface area contributed by atoms with Crippen LogP contribution in [0.2, 0.25) is 0 Å². The van der Waals surface area contributed by atoms with Gasteiger partial charge in [0.1, 0.15) is 5.82 Å². The van der Waals surface area contributed by atoms with Crippen LogP contribution >= 0.6 is 0 Å². The number of hydrogen-bond donors (Lipinski definition) is 0. The lowest BCUT2D eigenvalue weighted by Crippen LogP contribution is -2.44. The standard InChI is InChI=1S/C19H25N5O/c1-22-12-8-21-17(22)14-23-9-4-19(15-23)5-10-24(11-6-19)18(25)16-3-2-7-20-13-16/h2-3,7-8,12-13H,4-6,9-11,14-15H2,1H3. The molecule has 0 radical (unpaired) electrons. The summed E-state index contributed by atoms with van der Waals surface area (Å²) in [6.07, 6.45) is 10.7.